The first-order valence-electron chi connectivity index (χ1n) is 10.8. The van der Waals surface area contributed by atoms with Crippen molar-refractivity contribution < 1.29 is 18.8 Å². The normalized spacial score (nSPS) is 16.3. The van der Waals surface area contributed by atoms with Gasteiger partial charge in [-0.1, -0.05) is 12.1 Å². The molecule has 3 heterocycles. The van der Waals surface area contributed by atoms with Gasteiger partial charge in [-0.05, 0) is 43.7 Å². The molecule has 3 aromatic rings. The Balaban J connectivity index is 1.55. The standard InChI is InChI=1S/C24H21FN6O4/c1-2-35-22(32)19-15-28-23(30-21(19)16-5-3-6-17(25)13-16)26-12-10-24(9-4-11-29-24)20-8-7-18(14-27-20)31(33)34/h3-9,11,13-15H,2,10,12H2,1H3,(H,26,28,30). The van der Waals surface area contributed by atoms with Crippen LogP contribution in [0, 0.1) is 15.9 Å². The van der Waals surface area contributed by atoms with Gasteiger partial charge in [0.25, 0.3) is 5.69 Å². The minimum absolute atomic E-state index is 0.104. The third-order valence-electron chi connectivity index (χ3n) is 5.34. The van der Waals surface area contributed by atoms with Gasteiger partial charge in [-0.3, -0.25) is 20.1 Å². The van der Waals surface area contributed by atoms with E-state index in [1.165, 1.54) is 36.7 Å². The first-order valence-corrected chi connectivity index (χ1v) is 10.8. The molecular weight excluding hydrogens is 455 g/mol. The Morgan fingerprint density at radius 2 is 2.09 bits per heavy atom. The summed E-state index contributed by atoms with van der Waals surface area (Å²) >= 11 is 0. The number of anilines is 1. The Morgan fingerprint density at radius 1 is 1.23 bits per heavy atom. The summed E-state index contributed by atoms with van der Waals surface area (Å²) in [5.41, 5.74) is 0.442. The summed E-state index contributed by atoms with van der Waals surface area (Å²) in [6, 6.07) is 8.72. The highest BCUT2D eigenvalue weighted by Crippen LogP contribution is 2.33. The zero-order valence-corrected chi connectivity index (χ0v) is 18.7. The lowest BCUT2D eigenvalue weighted by Gasteiger charge is -2.23. The molecule has 1 aliphatic rings. The predicted octanol–water partition coefficient (Wildman–Crippen LogP) is 4.10. The van der Waals surface area contributed by atoms with Gasteiger partial charge in [0.2, 0.25) is 5.95 Å². The van der Waals surface area contributed by atoms with Gasteiger partial charge >= 0.3 is 5.97 Å². The third-order valence-corrected chi connectivity index (χ3v) is 5.34. The number of benzene rings is 1. The molecule has 1 aliphatic heterocycles. The number of pyridine rings is 1. The second-order valence-electron chi connectivity index (χ2n) is 7.58. The molecule has 0 saturated carbocycles. The quantitative estimate of drug-likeness (QED) is 0.277. The highest BCUT2D eigenvalue weighted by atomic mass is 19.1. The summed E-state index contributed by atoms with van der Waals surface area (Å²) in [7, 11) is 0. The number of esters is 1. The molecule has 1 aromatic carbocycles. The number of ether oxygens (including phenoxy) is 1. The number of rotatable bonds is 9. The van der Waals surface area contributed by atoms with Crippen molar-refractivity contribution in [2.24, 2.45) is 4.99 Å². The van der Waals surface area contributed by atoms with E-state index in [-0.39, 0.29) is 29.5 Å². The van der Waals surface area contributed by atoms with Gasteiger partial charge in [-0.25, -0.2) is 19.2 Å². The van der Waals surface area contributed by atoms with Gasteiger partial charge in [-0.2, -0.15) is 0 Å². The molecule has 35 heavy (non-hydrogen) atoms. The maximum absolute atomic E-state index is 13.8. The molecule has 11 heteroatoms. The summed E-state index contributed by atoms with van der Waals surface area (Å²) in [4.78, 5) is 40.3. The lowest BCUT2D eigenvalue weighted by Crippen LogP contribution is -2.25. The van der Waals surface area contributed by atoms with Crippen molar-refractivity contribution in [3.8, 4) is 11.3 Å². The van der Waals surface area contributed by atoms with E-state index in [0.29, 0.717) is 24.2 Å². The van der Waals surface area contributed by atoms with Crippen LogP contribution in [0.3, 0.4) is 0 Å². The number of hydrogen-bond acceptors (Lipinski definition) is 9. The van der Waals surface area contributed by atoms with Crippen molar-refractivity contribution in [3.63, 3.8) is 0 Å². The lowest BCUT2D eigenvalue weighted by atomic mass is 9.92. The Bertz CT molecular complexity index is 1300. The molecule has 1 N–H and O–H groups in total. The molecular formula is C24H21FN6O4. The Labute approximate surface area is 199 Å². The smallest absolute Gasteiger partial charge is 0.341 e. The van der Waals surface area contributed by atoms with Gasteiger partial charge in [0.1, 0.15) is 23.1 Å². The minimum Gasteiger partial charge on any atom is -0.462 e. The lowest BCUT2D eigenvalue weighted by molar-refractivity contribution is -0.385. The van der Waals surface area contributed by atoms with Gasteiger partial charge in [0.05, 0.1) is 22.9 Å². The molecule has 0 aliphatic carbocycles. The van der Waals surface area contributed by atoms with E-state index in [9.17, 15) is 19.3 Å². The van der Waals surface area contributed by atoms with Crippen molar-refractivity contribution in [1.82, 2.24) is 15.0 Å². The average Bonchev–Trinajstić information content (AvgIpc) is 3.34. The number of nitro groups is 1. The highest BCUT2D eigenvalue weighted by molar-refractivity contribution is 5.96. The maximum Gasteiger partial charge on any atom is 0.341 e. The molecule has 4 rings (SSSR count). The van der Waals surface area contributed by atoms with E-state index in [1.807, 2.05) is 6.08 Å². The Hall–Kier alpha value is -4.54. The number of hydrogen-bond donors (Lipinski definition) is 1. The SMILES string of the molecule is CCOC(=O)c1cnc(NCCC2(c3ccc([N+](=O)[O-])cn3)C=CC=N2)nc1-c1cccc(F)c1. The number of aromatic nitrogens is 3. The van der Waals surface area contributed by atoms with Crippen LogP contribution < -0.4 is 5.32 Å². The molecule has 0 amide bonds. The Kier molecular flexibility index (Phi) is 6.86. The van der Waals surface area contributed by atoms with E-state index in [0.717, 1.165) is 0 Å². The molecule has 0 fully saturated rings. The van der Waals surface area contributed by atoms with Crippen LogP contribution in [-0.4, -0.2) is 45.2 Å². The van der Waals surface area contributed by atoms with E-state index in [2.05, 4.69) is 25.3 Å². The van der Waals surface area contributed by atoms with Crippen molar-refractivity contribution in [2.75, 3.05) is 18.5 Å². The monoisotopic (exact) mass is 476 g/mol. The summed E-state index contributed by atoms with van der Waals surface area (Å²) in [5, 5.41) is 14.0. The number of carbonyl (C=O) groups excluding carboxylic acids is 1. The van der Waals surface area contributed by atoms with Crippen LogP contribution in [0.25, 0.3) is 11.3 Å². The third kappa shape index (κ3) is 5.18. The summed E-state index contributed by atoms with van der Waals surface area (Å²) < 4.78 is 18.9. The molecule has 0 radical (unpaired) electrons. The number of allylic oxidation sites excluding steroid dienone is 1. The fourth-order valence-corrected chi connectivity index (χ4v) is 3.64. The van der Waals surface area contributed by atoms with Crippen molar-refractivity contribution >= 4 is 23.8 Å². The second kappa shape index (κ2) is 10.2. The summed E-state index contributed by atoms with van der Waals surface area (Å²) in [6.45, 7) is 2.22. The molecule has 10 nitrogen and oxygen atoms in total. The molecule has 178 valence electrons. The van der Waals surface area contributed by atoms with Gasteiger partial charge in [0.15, 0.2) is 0 Å². The second-order valence-corrected chi connectivity index (χ2v) is 7.58. The van der Waals surface area contributed by atoms with Crippen LogP contribution in [0.1, 0.15) is 29.4 Å². The molecule has 1 unspecified atom stereocenters. The van der Waals surface area contributed by atoms with Crippen molar-refractivity contribution in [2.45, 2.75) is 18.9 Å². The number of nitrogens with one attached hydrogen (secondary N) is 1. The number of nitrogens with zero attached hydrogens (tertiary/aromatic N) is 5. The predicted molar refractivity (Wildman–Crippen MR) is 127 cm³/mol. The molecule has 1 atom stereocenters. The van der Waals surface area contributed by atoms with Crippen LogP contribution >= 0.6 is 0 Å². The fourth-order valence-electron chi connectivity index (χ4n) is 3.64. The average molecular weight is 476 g/mol. The zero-order valence-electron chi connectivity index (χ0n) is 18.7. The first kappa shape index (κ1) is 23.6. The van der Waals surface area contributed by atoms with Crippen LogP contribution in [0.2, 0.25) is 0 Å². The number of carbonyl (C=O) groups is 1. The number of aliphatic imine (C=N–C) groups is 1. The van der Waals surface area contributed by atoms with Gasteiger partial charge in [0, 0.05) is 30.6 Å². The summed E-state index contributed by atoms with van der Waals surface area (Å²) in [5.74, 6) is -0.837. The van der Waals surface area contributed by atoms with Crippen LogP contribution in [0.5, 0.6) is 0 Å². The van der Waals surface area contributed by atoms with E-state index in [4.69, 9.17) is 4.74 Å². The van der Waals surface area contributed by atoms with E-state index in [1.54, 1.807) is 31.3 Å². The zero-order chi connectivity index (χ0) is 24.8. The largest absolute Gasteiger partial charge is 0.462 e. The van der Waals surface area contributed by atoms with Crippen LogP contribution in [-0.2, 0) is 10.3 Å². The molecule has 2 aromatic heterocycles. The molecule has 0 spiro atoms. The summed E-state index contributed by atoms with van der Waals surface area (Å²) in [6.07, 6.45) is 8.30. The van der Waals surface area contributed by atoms with Crippen molar-refractivity contribution in [1.29, 1.82) is 0 Å². The van der Waals surface area contributed by atoms with Crippen LogP contribution in [0.15, 0.2) is 65.9 Å². The first-order chi connectivity index (χ1) is 16.9. The number of halogens is 1. The minimum atomic E-state index is -0.793. The Morgan fingerprint density at radius 3 is 2.74 bits per heavy atom. The molecule has 0 saturated heterocycles. The van der Waals surface area contributed by atoms with E-state index < -0.39 is 22.2 Å². The van der Waals surface area contributed by atoms with Gasteiger partial charge in [-0.15, -0.1) is 0 Å². The highest BCUT2D eigenvalue weighted by Gasteiger charge is 2.32. The maximum atomic E-state index is 13.8. The van der Waals surface area contributed by atoms with Crippen LogP contribution in [0.4, 0.5) is 16.0 Å². The van der Waals surface area contributed by atoms with E-state index >= 15 is 0 Å². The van der Waals surface area contributed by atoms with Gasteiger partial charge < -0.3 is 10.1 Å². The topological polar surface area (TPSA) is 132 Å². The molecule has 0 bridgehead atoms. The fraction of sp³-hybridized carbons (Fsp3) is 0.208. The van der Waals surface area contributed by atoms with Crippen molar-refractivity contribution in [3.05, 3.63) is 88.1 Å².